The lowest BCUT2D eigenvalue weighted by molar-refractivity contribution is 0.0697. The summed E-state index contributed by atoms with van der Waals surface area (Å²) < 4.78 is 0. The van der Waals surface area contributed by atoms with E-state index in [0.29, 0.717) is 5.82 Å². The first kappa shape index (κ1) is 14.9. The molecule has 0 aliphatic carbocycles. The van der Waals surface area contributed by atoms with Crippen molar-refractivity contribution in [3.05, 3.63) is 34.5 Å². The van der Waals surface area contributed by atoms with Crippen LogP contribution in [0, 0.1) is 5.41 Å². The molecule has 0 unspecified atom stereocenters. The summed E-state index contributed by atoms with van der Waals surface area (Å²) in [5.74, 6) is -0.363. The Labute approximate surface area is 124 Å². The third kappa shape index (κ3) is 3.12. The third-order valence-corrected chi connectivity index (χ3v) is 3.87. The maximum atomic E-state index is 11.1. The second-order valence-corrected chi connectivity index (χ2v) is 6.41. The van der Waals surface area contributed by atoms with Crippen LogP contribution < -0.4 is 4.90 Å². The van der Waals surface area contributed by atoms with Crippen molar-refractivity contribution in [2.75, 3.05) is 18.0 Å². The summed E-state index contributed by atoms with van der Waals surface area (Å²) in [5, 5.41) is 9.27. The van der Waals surface area contributed by atoms with Crippen molar-refractivity contribution in [3.8, 4) is 0 Å². The molecule has 1 aromatic heterocycles. The number of aromatic carboxylic acids is 1. The minimum atomic E-state index is -1.03. The highest BCUT2D eigenvalue weighted by atomic mass is 35.5. The van der Waals surface area contributed by atoms with Crippen molar-refractivity contribution < 1.29 is 9.90 Å². The van der Waals surface area contributed by atoms with Crippen LogP contribution >= 0.6 is 11.6 Å². The van der Waals surface area contributed by atoms with Crippen LogP contribution in [0.15, 0.2) is 23.9 Å². The van der Waals surface area contributed by atoms with Crippen molar-refractivity contribution in [3.63, 3.8) is 0 Å². The Bertz CT molecular complexity index is 561. The Morgan fingerprint density at radius 3 is 2.65 bits per heavy atom. The first-order valence-electron chi connectivity index (χ1n) is 6.62. The van der Waals surface area contributed by atoms with Gasteiger partial charge < -0.3 is 10.0 Å². The normalized spacial score (nSPS) is 16.0. The number of hydrogen-bond donors (Lipinski definition) is 1. The van der Waals surface area contributed by atoms with Crippen LogP contribution in [-0.4, -0.2) is 29.1 Å². The zero-order valence-corrected chi connectivity index (χ0v) is 12.7. The summed E-state index contributed by atoms with van der Waals surface area (Å²) in [7, 11) is 0. The Kier molecular flexibility index (Phi) is 4.04. The van der Waals surface area contributed by atoms with Crippen LogP contribution in [0.1, 0.15) is 37.6 Å². The van der Waals surface area contributed by atoms with E-state index in [0.717, 1.165) is 19.5 Å². The number of anilines is 1. The number of carboxylic acid groups (broad SMARTS) is 1. The van der Waals surface area contributed by atoms with Crippen molar-refractivity contribution in [1.82, 2.24) is 4.98 Å². The van der Waals surface area contributed by atoms with Gasteiger partial charge in [0.25, 0.3) is 0 Å². The molecular formula is C15H19ClN2O2. The highest BCUT2D eigenvalue weighted by Gasteiger charge is 2.22. The van der Waals surface area contributed by atoms with Gasteiger partial charge in [-0.1, -0.05) is 44.0 Å². The third-order valence-electron chi connectivity index (χ3n) is 3.57. The molecule has 0 saturated carbocycles. The van der Waals surface area contributed by atoms with Gasteiger partial charge in [0.1, 0.15) is 5.82 Å². The van der Waals surface area contributed by atoms with E-state index in [1.165, 1.54) is 11.8 Å². The predicted molar refractivity (Wildman–Crippen MR) is 80.6 cm³/mol. The molecule has 0 spiro atoms. The molecule has 0 amide bonds. The molecule has 0 aromatic carbocycles. The SMILES string of the molecule is CC(C)(C)C1=CCN(c2cc(C(=O)O)c(Cl)cn2)CC1. The van der Waals surface area contributed by atoms with E-state index in [1.54, 1.807) is 6.07 Å². The van der Waals surface area contributed by atoms with Crippen LogP contribution in [0.2, 0.25) is 5.02 Å². The lowest BCUT2D eigenvalue weighted by Gasteiger charge is -2.32. The van der Waals surface area contributed by atoms with Gasteiger partial charge >= 0.3 is 5.97 Å². The van der Waals surface area contributed by atoms with E-state index in [2.05, 4.69) is 36.7 Å². The average Bonchev–Trinajstić information content (AvgIpc) is 2.38. The molecule has 20 heavy (non-hydrogen) atoms. The Morgan fingerprint density at radius 1 is 1.45 bits per heavy atom. The summed E-state index contributed by atoms with van der Waals surface area (Å²) in [6, 6.07) is 1.54. The first-order valence-corrected chi connectivity index (χ1v) is 7.00. The predicted octanol–water partition coefficient (Wildman–Crippen LogP) is 3.62. The smallest absolute Gasteiger partial charge is 0.337 e. The molecule has 0 saturated heterocycles. The number of carboxylic acids is 1. The summed E-state index contributed by atoms with van der Waals surface area (Å²) >= 11 is 5.84. The summed E-state index contributed by atoms with van der Waals surface area (Å²) in [6.45, 7) is 8.21. The van der Waals surface area contributed by atoms with E-state index in [-0.39, 0.29) is 16.0 Å². The van der Waals surface area contributed by atoms with Crippen LogP contribution in [-0.2, 0) is 0 Å². The van der Waals surface area contributed by atoms with Crippen LogP contribution in [0.5, 0.6) is 0 Å². The van der Waals surface area contributed by atoms with Crippen molar-refractivity contribution in [2.24, 2.45) is 5.41 Å². The average molecular weight is 295 g/mol. The van der Waals surface area contributed by atoms with E-state index >= 15 is 0 Å². The number of hydrogen-bond acceptors (Lipinski definition) is 3. The molecule has 1 N–H and O–H groups in total. The number of aromatic nitrogens is 1. The zero-order valence-electron chi connectivity index (χ0n) is 12.0. The summed E-state index contributed by atoms with van der Waals surface area (Å²) in [5.41, 5.74) is 1.72. The van der Waals surface area contributed by atoms with Crippen molar-refractivity contribution in [1.29, 1.82) is 0 Å². The fourth-order valence-corrected chi connectivity index (χ4v) is 2.51. The molecule has 2 heterocycles. The summed E-state index contributed by atoms with van der Waals surface area (Å²) in [6.07, 6.45) is 4.58. The van der Waals surface area contributed by atoms with Crippen molar-refractivity contribution >= 4 is 23.4 Å². The van der Waals surface area contributed by atoms with Gasteiger partial charge in [-0.15, -0.1) is 0 Å². The number of pyridine rings is 1. The zero-order chi connectivity index (χ0) is 14.9. The molecular weight excluding hydrogens is 276 g/mol. The van der Waals surface area contributed by atoms with Crippen LogP contribution in [0.25, 0.3) is 0 Å². The van der Waals surface area contributed by atoms with Gasteiger partial charge in [-0.25, -0.2) is 9.78 Å². The Hall–Kier alpha value is -1.55. The second kappa shape index (κ2) is 5.44. The van der Waals surface area contributed by atoms with E-state index in [4.69, 9.17) is 16.7 Å². The van der Waals surface area contributed by atoms with Crippen LogP contribution in [0.4, 0.5) is 5.82 Å². The number of rotatable bonds is 2. The molecule has 1 aliphatic heterocycles. The largest absolute Gasteiger partial charge is 0.478 e. The maximum absolute atomic E-state index is 11.1. The van der Waals surface area contributed by atoms with Crippen molar-refractivity contribution in [2.45, 2.75) is 27.2 Å². The monoisotopic (exact) mass is 294 g/mol. The molecule has 5 heteroatoms. The standard InChI is InChI=1S/C15H19ClN2O2/c1-15(2,3)10-4-6-18(7-5-10)13-8-11(14(19)20)12(16)9-17-13/h4,8-9H,5-7H2,1-3H3,(H,19,20). The molecule has 1 aromatic rings. The van der Waals surface area contributed by atoms with E-state index in [1.807, 2.05) is 0 Å². The van der Waals surface area contributed by atoms with E-state index < -0.39 is 5.97 Å². The van der Waals surface area contributed by atoms with Gasteiger partial charge in [0.2, 0.25) is 0 Å². The quantitative estimate of drug-likeness (QED) is 0.847. The molecule has 108 valence electrons. The Balaban J connectivity index is 2.21. The highest BCUT2D eigenvalue weighted by Crippen LogP contribution is 2.31. The molecule has 1 aliphatic rings. The van der Waals surface area contributed by atoms with Gasteiger partial charge in [-0.05, 0) is 17.9 Å². The Morgan fingerprint density at radius 2 is 2.15 bits per heavy atom. The molecule has 4 nitrogen and oxygen atoms in total. The van der Waals surface area contributed by atoms with Gasteiger partial charge in [-0.3, -0.25) is 0 Å². The molecule has 0 atom stereocenters. The lowest BCUT2D eigenvalue weighted by Crippen LogP contribution is -2.32. The second-order valence-electron chi connectivity index (χ2n) is 6.00. The van der Waals surface area contributed by atoms with Crippen LogP contribution in [0.3, 0.4) is 0 Å². The minimum absolute atomic E-state index is 0.0993. The molecule has 0 bridgehead atoms. The van der Waals surface area contributed by atoms with Gasteiger partial charge in [-0.2, -0.15) is 0 Å². The minimum Gasteiger partial charge on any atom is -0.478 e. The number of carbonyl (C=O) groups is 1. The van der Waals surface area contributed by atoms with Gasteiger partial charge in [0.15, 0.2) is 0 Å². The topological polar surface area (TPSA) is 53.4 Å². The lowest BCUT2D eigenvalue weighted by atomic mass is 9.83. The number of halogens is 1. The fourth-order valence-electron chi connectivity index (χ4n) is 2.32. The van der Waals surface area contributed by atoms with Gasteiger partial charge in [0.05, 0.1) is 10.6 Å². The fraction of sp³-hybridized carbons (Fsp3) is 0.467. The maximum Gasteiger partial charge on any atom is 0.337 e. The highest BCUT2D eigenvalue weighted by molar-refractivity contribution is 6.33. The van der Waals surface area contributed by atoms with E-state index in [9.17, 15) is 4.79 Å². The molecule has 0 radical (unpaired) electrons. The molecule has 2 rings (SSSR count). The first-order chi connectivity index (χ1) is 9.29. The van der Waals surface area contributed by atoms with Gasteiger partial charge in [0, 0.05) is 19.3 Å². The molecule has 0 fully saturated rings. The number of nitrogens with zero attached hydrogens (tertiary/aromatic N) is 2. The summed E-state index contributed by atoms with van der Waals surface area (Å²) in [4.78, 5) is 17.4.